The van der Waals surface area contributed by atoms with Crippen molar-refractivity contribution < 1.29 is 13.9 Å². The van der Waals surface area contributed by atoms with Crippen LogP contribution >= 0.6 is 12.6 Å². The van der Waals surface area contributed by atoms with Gasteiger partial charge in [-0.25, -0.2) is 4.39 Å². The summed E-state index contributed by atoms with van der Waals surface area (Å²) in [6, 6.07) is 4.12. The monoisotopic (exact) mass is 285 g/mol. The normalized spacial score (nSPS) is 10.8. The zero-order valence-electron chi connectivity index (χ0n) is 11.3. The Labute approximate surface area is 118 Å². The molecule has 1 rings (SSSR count). The van der Waals surface area contributed by atoms with E-state index < -0.39 is 5.82 Å². The van der Waals surface area contributed by atoms with Crippen LogP contribution in [0.25, 0.3) is 0 Å². The van der Waals surface area contributed by atoms with Gasteiger partial charge >= 0.3 is 0 Å². The van der Waals surface area contributed by atoms with Crippen LogP contribution in [0.2, 0.25) is 0 Å². The zero-order valence-corrected chi connectivity index (χ0v) is 12.2. The van der Waals surface area contributed by atoms with Gasteiger partial charge in [-0.3, -0.25) is 4.79 Å². The molecule has 1 aromatic carbocycles. The van der Waals surface area contributed by atoms with E-state index in [4.69, 9.17) is 4.74 Å². The van der Waals surface area contributed by atoms with Crippen LogP contribution in [-0.2, 0) is 4.74 Å². The highest BCUT2D eigenvalue weighted by atomic mass is 32.1. The van der Waals surface area contributed by atoms with Crippen LogP contribution in [0.5, 0.6) is 0 Å². The molecule has 0 fully saturated rings. The molecule has 0 heterocycles. The van der Waals surface area contributed by atoms with Crippen LogP contribution < -0.4 is 5.32 Å². The third-order valence-corrected chi connectivity index (χ3v) is 2.86. The average molecular weight is 285 g/mol. The molecule has 0 unspecified atom stereocenters. The molecule has 0 radical (unpaired) electrons. The van der Waals surface area contributed by atoms with Crippen molar-refractivity contribution in [2.24, 2.45) is 0 Å². The first-order chi connectivity index (χ1) is 9.00. The first-order valence-corrected chi connectivity index (χ1v) is 6.83. The van der Waals surface area contributed by atoms with E-state index in [0.717, 1.165) is 12.8 Å². The molecule has 3 nitrogen and oxygen atoms in total. The van der Waals surface area contributed by atoms with Gasteiger partial charge in [-0.15, -0.1) is 12.6 Å². The minimum Gasteiger partial charge on any atom is -0.379 e. The Kier molecular flexibility index (Phi) is 6.87. The van der Waals surface area contributed by atoms with Crippen LogP contribution in [0.15, 0.2) is 23.1 Å². The molecule has 1 amide bonds. The standard InChI is InChI=1S/C14H20FNO2S/c1-10(2)18-8-4-3-7-16-14(17)11-5-6-12(15)13(19)9-11/h5-6,9-10,19H,3-4,7-8H2,1-2H3,(H,16,17). The van der Waals surface area contributed by atoms with Gasteiger partial charge in [-0.2, -0.15) is 0 Å². The first kappa shape index (κ1) is 16.0. The Balaban J connectivity index is 2.26. The van der Waals surface area contributed by atoms with Crippen molar-refractivity contribution in [2.75, 3.05) is 13.2 Å². The number of halogens is 1. The smallest absolute Gasteiger partial charge is 0.251 e. The third kappa shape index (κ3) is 6.07. The van der Waals surface area contributed by atoms with E-state index in [0.29, 0.717) is 18.7 Å². The van der Waals surface area contributed by atoms with Gasteiger partial charge in [0.15, 0.2) is 0 Å². The summed E-state index contributed by atoms with van der Waals surface area (Å²) < 4.78 is 18.4. The second-order valence-corrected chi connectivity index (χ2v) is 5.03. The number of hydrogen-bond donors (Lipinski definition) is 2. The highest BCUT2D eigenvalue weighted by Crippen LogP contribution is 2.14. The molecule has 0 saturated carbocycles. The summed E-state index contributed by atoms with van der Waals surface area (Å²) in [6.07, 6.45) is 2.00. The van der Waals surface area contributed by atoms with E-state index in [1.54, 1.807) is 0 Å². The van der Waals surface area contributed by atoms with Gasteiger partial charge in [-0.1, -0.05) is 0 Å². The van der Waals surface area contributed by atoms with Gasteiger partial charge in [-0.05, 0) is 44.9 Å². The summed E-state index contributed by atoms with van der Waals surface area (Å²) >= 11 is 3.95. The number of benzene rings is 1. The molecule has 1 aromatic rings. The highest BCUT2D eigenvalue weighted by Gasteiger charge is 2.07. The summed E-state index contributed by atoms with van der Waals surface area (Å²) in [4.78, 5) is 11.9. The van der Waals surface area contributed by atoms with E-state index in [-0.39, 0.29) is 16.9 Å². The largest absolute Gasteiger partial charge is 0.379 e. The van der Waals surface area contributed by atoms with Crippen molar-refractivity contribution in [1.29, 1.82) is 0 Å². The topological polar surface area (TPSA) is 38.3 Å². The number of nitrogens with one attached hydrogen (secondary N) is 1. The lowest BCUT2D eigenvalue weighted by Crippen LogP contribution is -2.24. The maximum Gasteiger partial charge on any atom is 0.251 e. The van der Waals surface area contributed by atoms with E-state index in [2.05, 4.69) is 17.9 Å². The number of carbonyl (C=O) groups is 1. The Morgan fingerprint density at radius 3 is 2.79 bits per heavy atom. The van der Waals surface area contributed by atoms with Crippen molar-refractivity contribution in [2.45, 2.75) is 37.7 Å². The quantitative estimate of drug-likeness (QED) is 0.597. The highest BCUT2D eigenvalue weighted by molar-refractivity contribution is 7.80. The van der Waals surface area contributed by atoms with Crippen LogP contribution in [-0.4, -0.2) is 25.2 Å². The molecular weight excluding hydrogens is 265 g/mol. The average Bonchev–Trinajstić information content (AvgIpc) is 2.36. The van der Waals surface area contributed by atoms with Crippen LogP contribution in [0.4, 0.5) is 4.39 Å². The molecule has 0 aliphatic heterocycles. The minimum absolute atomic E-state index is 0.179. The first-order valence-electron chi connectivity index (χ1n) is 6.39. The third-order valence-electron chi connectivity index (χ3n) is 2.52. The SMILES string of the molecule is CC(C)OCCCCNC(=O)c1ccc(F)c(S)c1. The summed E-state index contributed by atoms with van der Waals surface area (Å²) in [5.74, 6) is -0.634. The molecule has 0 aromatic heterocycles. The van der Waals surface area contributed by atoms with Crippen LogP contribution in [0.3, 0.4) is 0 Å². The maximum absolute atomic E-state index is 13.0. The van der Waals surface area contributed by atoms with Crippen molar-refractivity contribution in [3.63, 3.8) is 0 Å². The second-order valence-electron chi connectivity index (χ2n) is 4.55. The molecule has 0 aliphatic carbocycles. The van der Waals surface area contributed by atoms with Gasteiger partial charge in [0, 0.05) is 23.6 Å². The maximum atomic E-state index is 13.0. The van der Waals surface area contributed by atoms with E-state index in [1.165, 1.54) is 18.2 Å². The van der Waals surface area contributed by atoms with E-state index in [9.17, 15) is 9.18 Å². The molecular formula is C14H20FNO2S. The number of hydrogen-bond acceptors (Lipinski definition) is 3. The Morgan fingerprint density at radius 1 is 1.42 bits per heavy atom. The number of thiol groups is 1. The van der Waals surface area contributed by atoms with Crippen molar-refractivity contribution in [3.8, 4) is 0 Å². The van der Waals surface area contributed by atoms with Crippen LogP contribution in [0.1, 0.15) is 37.0 Å². The molecule has 19 heavy (non-hydrogen) atoms. The summed E-state index contributed by atoms with van der Waals surface area (Å²) in [7, 11) is 0. The molecule has 0 saturated heterocycles. The fourth-order valence-electron chi connectivity index (χ4n) is 1.50. The van der Waals surface area contributed by atoms with E-state index in [1.807, 2.05) is 13.8 Å². The fourth-order valence-corrected chi connectivity index (χ4v) is 1.72. The van der Waals surface area contributed by atoms with Gasteiger partial charge < -0.3 is 10.1 Å². The number of ether oxygens (including phenoxy) is 1. The van der Waals surface area contributed by atoms with Gasteiger partial charge in [0.25, 0.3) is 5.91 Å². The number of rotatable bonds is 7. The fraction of sp³-hybridized carbons (Fsp3) is 0.500. The molecule has 1 N–H and O–H groups in total. The van der Waals surface area contributed by atoms with Crippen molar-refractivity contribution in [1.82, 2.24) is 5.32 Å². The minimum atomic E-state index is -0.425. The molecule has 5 heteroatoms. The lowest BCUT2D eigenvalue weighted by atomic mass is 10.2. The van der Waals surface area contributed by atoms with Gasteiger partial charge in [0.05, 0.1) is 6.10 Å². The lowest BCUT2D eigenvalue weighted by molar-refractivity contribution is 0.0754. The summed E-state index contributed by atoms with van der Waals surface area (Å²) in [5.41, 5.74) is 0.421. The van der Waals surface area contributed by atoms with Crippen molar-refractivity contribution in [3.05, 3.63) is 29.6 Å². The Hall–Kier alpha value is -1.07. The molecule has 0 bridgehead atoms. The Morgan fingerprint density at radius 2 is 2.16 bits per heavy atom. The molecule has 0 aliphatic rings. The number of carbonyl (C=O) groups excluding carboxylic acids is 1. The van der Waals surface area contributed by atoms with Crippen molar-refractivity contribution >= 4 is 18.5 Å². The van der Waals surface area contributed by atoms with Gasteiger partial charge in [0.2, 0.25) is 0 Å². The molecule has 0 spiro atoms. The Bertz CT molecular complexity index is 424. The lowest BCUT2D eigenvalue weighted by Gasteiger charge is -2.08. The van der Waals surface area contributed by atoms with Gasteiger partial charge in [0.1, 0.15) is 5.82 Å². The predicted octanol–water partition coefficient (Wildman–Crippen LogP) is 3.05. The zero-order chi connectivity index (χ0) is 14.3. The number of unbranched alkanes of at least 4 members (excludes halogenated alkanes) is 1. The second kappa shape index (κ2) is 8.17. The predicted molar refractivity (Wildman–Crippen MR) is 76.3 cm³/mol. The van der Waals surface area contributed by atoms with Crippen LogP contribution in [0, 0.1) is 5.82 Å². The molecule has 106 valence electrons. The van der Waals surface area contributed by atoms with E-state index >= 15 is 0 Å². The summed E-state index contributed by atoms with van der Waals surface area (Å²) in [6.45, 7) is 5.27. The summed E-state index contributed by atoms with van der Waals surface area (Å²) in [5, 5.41) is 2.78. The number of amides is 1. The molecule has 0 atom stereocenters.